The molecule has 164 valence electrons. The lowest BCUT2D eigenvalue weighted by atomic mass is 9.87. The summed E-state index contributed by atoms with van der Waals surface area (Å²) in [6, 6.07) is 0.398. The molecule has 1 amide bonds. The van der Waals surface area contributed by atoms with E-state index in [0.29, 0.717) is 17.4 Å². The van der Waals surface area contributed by atoms with Gasteiger partial charge in [-0.05, 0) is 49.0 Å². The van der Waals surface area contributed by atoms with Gasteiger partial charge < -0.3 is 4.90 Å². The van der Waals surface area contributed by atoms with Crippen molar-refractivity contribution in [3.8, 4) is 0 Å². The van der Waals surface area contributed by atoms with E-state index in [1.807, 2.05) is 11.8 Å². The number of hydrogen-bond donors (Lipinski definition) is 2. The largest absolute Gasteiger partial charge is 0.312 e. The Kier molecular flexibility index (Phi) is 6.98. The van der Waals surface area contributed by atoms with Crippen LogP contribution < -0.4 is 10.9 Å². The van der Waals surface area contributed by atoms with Crippen molar-refractivity contribution in [2.75, 3.05) is 18.1 Å². The normalized spacial score (nSPS) is 37.1. The summed E-state index contributed by atoms with van der Waals surface area (Å²) in [7, 11) is 0. The molecule has 3 saturated heterocycles. The summed E-state index contributed by atoms with van der Waals surface area (Å²) in [6.45, 7) is 0.920. The fourth-order valence-corrected chi connectivity index (χ4v) is 8.95. The molecule has 0 spiro atoms. The standard InChI is InChI=1S/C22H38N4OS2/c27-20-19-18(12-14-28-19)26-21(25(20)13-11-16-7-3-1-4-8-16)23-24-22(26)29-15-17-9-5-2-6-10-17/h16-19,21-24H,1-15H2. The van der Waals surface area contributed by atoms with Gasteiger partial charge in [0.25, 0.3) is 0 Å². The SMILES string of the molecule is O=C1C2SCCC2N2C(SCC3CCCCC3)NNC2N1CCC1CCCCC1. The van der Waals surface area contributed by atoms with Crippen LogP contribution in [0.2, 0.25) is 0 Å². The van der Waals surface area contributed by atoms with Crippen LogP contribution in [0.5, 0.6) is 0 Å². The van der Waals surface area contributed by atoms with E-state index in [9.17, 15) is 4.79 Å². The Bertz CT molecular complexity index is 567. The zero-order chi connectivity index (χ0) is 19.6. The van der Waals surface area contributed by atoms with Crippen LogP contribution in [0.3, 0.4) is 0 Å². The van der Waals surface area contributed by atoms with Gasteiger partial charge in [-0.1, -0.05) is 51.4 Å². The van der Waals surface area contributed by atoms with E-state index in [1.165, 1.54) is 76.4 Å². The molecule has 3 heterocycles. The van der Waals surface area contributed by atoms with Gasteiger partial charge in [0.2, 0.25) is 5.91 Å². The van der Waals surface area contributed by atoms with E-state index in [4.69, 9.17) is 0 Å². The Morgan fingerprint density at radius 1 is 0.931 bits per heavy atom. The molecule has 0 aromatic carbocycles. The minimum Gasteiger partial charge on any atom is -0.312 e. The number of carbonyl (C=O) groups is 1. The summed E-state index contributed by atoms with van der Waals surface area (Å²) >= 11 is 3.98. The number of fused-ring (bicyclic) bond motifs is 3. The van der Waals surface area contributed by atoms with E-state index >= 15 is 0 Å². The molecule has 5 rings (SSSR count). The first-order chi connectivity index (χ1) is 14.3. The predicted molar refractivity (Wildman–Crippen MR) is 122 cm³/mol. The van der Waals surface area contributed by atoms with Gasteiger partial charge in [-0.25, -0.2) is 15.8 Å². The van der Waals surface area contributed by atoms with Crippen molar-refractivity contribution < 1.29 is 4.79 Å². The van der Waals surface area contributed by atoms with Crippen LogP contribution in [0.4, 0.5) is 0 Å². The van der Waals surface area contributed by atoms with E-state index in [1.54, 1.807) is 0 Å². The minimum atomic E-state index is 0.0508. The molecular formula is C22H38N4OS2. The van der Waals surface area contributed by atoms with E-state index < -0.39 is 0 Å². The monoisotopic (exact) mass is 438 g/mol. The first-order valence-corrected chi connectivity index (χ1v) is 14.2. The Hall–Kier alpha value is 0.0500. The van der Waals surface area contributed by atoms with Crippen LogP contribution in [0.15, 0.2) is 0 Å². The number of thioether (sulfide) groups is 2. The van der Waals surface area contributed by atoms with E-state index in [2.05, 4.69) is 32.4 Å². The summed E-state index contributed by atoms with van der Waals surface area (Å²) in [6.07, 6.45) is 16.4. The summed E-state index contributed by atoms with van der Waals surface area (Å²) in [5.74, 6) is 4.48. The summed E-state index contributed by atoms with van der Waals surface area (Å²) in [5, 5.41) is 0.150. The lowest BCUT2D eigenvalue weighted by Crippen LogP contribution is -2.66. The number of hydrazine groups is 1. The van der Waals surface area contributed by atoms with E-state index in [0.717, 1.165) is 30.6 Å². The number of nitrogens with one attached hydrogen (secondary N) is 2. The van der Waals surface area contributed by atoms with Crippen molar-refractivity contribution >= 4 is 29.4 Å². The maximum atomic E-state index is 13.3. The smallest absolute Gasteiger partial charge is 0.239 e. The first-order valence-electron chi connectivity index (χ1n) is 12.1. The minimum absolute atomic E-state index is 0.0508. The number of rotatable bonds is 6. The highest BCUT2D eigenvalue weighted by molar-refractivity contribution is 8.01. The summed E-state index contributed by atoms with van der Waals surface area (Å²) < 4.78 is 0. The van der Waals surface area contributed by atoms with Gasteiger partial charge in [-0.15, -0.1) is 23.5 Å². The second-order valence-electron chi connectivity index (χ2n) is 9.77. The third-order valence-corrected chi connectivity index (χ3v) is 10.6. The maximum Gasteiger partial charge on any atom is 0.239 e. The second-order valence-corrected chi connectivity index (χ2v) is 12.1. The van der Waals surface area contributed by atoms with Gasteiger partial charge >= 0.3 is 0 Å². The van der Waals surface area contributed by atoms with Crippen LogP contribution >= 0.6 is 23.5 Å². The molecule has 0 aromatic rings. The van der Waals surface area contributed by atoms with Crippen LogP contribution in [-0.4, -0.2) is 56.8 Å². The third-order valence-electron chi connectivity index (χ3n) is 7.87. The zero-order valence-corrected chi connectivity index (χ0v) is 19.3. The molecule has 0 aromatic heterocycles. The maximum absolute atomic E-state index is 13.3. The van der Waals surface area contributed by atoms with Gasteiger partial charge in [0, 0.05) is 12.6 Å². The third kappa shape index (κ3) is 4.50. The molecule has 7 heteroatoms. The topological polar surface area (TPSA) is 47.6 Å². The highest BCUT2D eigenvalue weighted by atomic mass is 32.2. The molecule has 2 N–H and O–H groups in total. The lowest BCUT2D eigenvalue weighted by Gasteiger charge is -2.46. The van der Waals surface area contributed by atoms with Gasteiger partial charge in [-0.3, -0.25) is 4.79 Å². The van der Waals surface area contributed by atoms with Crippen LogP contribution in [0.1, 0.15) is 77.0 Å². The van der Waals surface area contributed by atoms with Crippen molar-refractivity contribution in [3.63, 3.8) is 0 Å². The molecule has 0 radical (unpaired) electrons. The average Bonchev–Trinajstić information content (AvgIpc) is 3.41. The van der Waals surface area contributed by atoms with Gasteiger partial charge in [0.15, 0.2) is 6.29 Å². The molecule has 0 bridgehead atoms. The molecule has 3 aliphatic heterocycles. The number of amides is 1. The Balaban J connectivity index is 1.24. The van der Waals surface area contributed by atoms with Gasteiger partial charge in [0.1, 0.15) is 5.50 Å². The molecule has 29 heavy (non-hydrogen) atoms. The van der Waals surface area contributed by atoms with Gasteiger partial charge in [0.05, 0.1) is 5.25 Å². The van der Waals surface area contributed by atoms with Crippen LogP contribution in [0, 0.1) is 11.8 Å². The molecule has 5 nitrogen and oxygen atoms in total. The van der Waals surface area contributed by atoms with Crippen molar-refractivity contribution in [2.45, 2.75) is 100 Å². The molecular weight excluding hydrogens is 400 g/mol. The molecule has 2 aliphatic carbocycles. The molecule has 5 fully saturated rings. The Morgan fingerprint density at radius 2 is 1.66 bits per heavy atom. The predicted octanol–water partition coefficient (Wildman–Crippen LogP) is 3.96. The fourth-order valence-electron chi connectivity index (χ4n) is 6.16. The second kappa shape index (κ2) is 9.68. The Morgan fingerprint density at radius 3 is 2.41 bits per heavy atom. The number of carbonyl (C=O) groups excluding carboxylic acids is 1. The quantitative estimate of drug-likeness (QED) is 0.654. The summed E-state index contributed by atoms with van der Waals surface area (Å²) in [5.41, 5.74) is 7.41. The van der Waals surface area contributed by atoms with Gasteiger partial charge in [-0.2, -0.15) is 0 Å². The van der Waals surface area contributed by atoms with E-state index in [-0.39, 0.29) is 11.5 Å². The number of hydrogen-bond acceptors (Lipinski definition) is 6. The average molecular weight is 439 g/mol. The van der Waals surface area contributed by atoms with Crippen LogP contribution in [0.25, 0.3) is 0 Å². The Labute approximate surface area is 184 Å². The lowest BCUT2D eigenvalue weighted by molar-refractivity contribution is -0.146. The van der Waals surface area contributed by atoms with Crippen molar-refractivity contribution in [3.05, 3.63) is 0 Å². The highest BCUT2D eigenvalue weighted by Crippen LogP contribution is 2.42. The van der Waals surface area contributed by atoms with Crippen molar-refractivity contribution in [1.82, 2.24) is 20.7 Å². The van der Waals surface area contributed by atoms with Crippen molar-refractivity contribution in [1.29, 1.82) is 0 Å². The molecule has 4 atom stereocenters. The summed E-state index contributed by atoms with van der Waals surface area (Å²) in [4.78, 5) is 18.1. The zero-order valence-electron chi connectivity index (χ0n) is 17.7. The number of nitrogens with zero attached hydrogens (tertiary/aromatic N) is 2. The molecule has 5 aliphatic rings. The van der Waals surface area contributed by atoms with Crippen LogP contribution in [-0.2, 0) is 4.79 Å². The molecule has 4 unspecified atom stereocenters. The fraction of sp³-hybridized carbons (Fsp3) is 0.955. The molecule has 2 saturated carbocycles. The highest BCUT2D eigenvalue weighted by Gasteiger charge is 2.54. The first kappa shape index (κ1) is 20.9. The van der Waals surface area contributed by atoms with Crippen molar-refractivity contribution in [2.24, 2.45) is 11.8 Å².